The van der Waals surface area contributed by atoms with Gasteiger partial charge >= 0.3 is 0 Å². The van der Waals surface area contributed by atoms with Crippen LogP contribution in [0.25, 0.3) is 11.5 Å². The van der Waals surface area contributed by atoms with Crippen molar-refractivity contribution in [2.75, 3.05) is 14.1 Å². The fraction of sp³-hybridized carbons (Fsp3) is 0.107. The van der Waals surface area contributed by atoms with E-state index in [1.54, 1.807) is 0 Å². The van der Waals surface area contributed by atoms with Crippen LogP contribution in [0.4, 0.5) is 0 Å². The fourth-order valence-corrected chi connectivity index (χ4v) is 3.42. The van der Waals surface area contributed by atoms with E-state index in [0.717, 1.165) is 28.2 Å². The molecule has 2 aliphatic rings. The Bertz CT molecular complexity index is 1070. The van der Waals surface area contributed by atoms with Crippen molar-refractivity contribution in [2.45, 2.75) is 6.92 Å². The molecule has 1 aliphatic heterocycles. The summed E-state index contributed by atoms with van der Waals surface area (Å²) in [6, 6.07) is 20.5. The Hall–Kier alpha value is -3.65. The Labute approximate surface area is 178 Å². The lowest BCUT2D eigenvalue weighted by atomic mass is 9.98. The van der Waals surface area contributed by atoms with Crippen LogP contribution >= 0.6 is 0 Å². The van der Waals surface area contributed by atoms with Gasteiger partial charge in [-0.1, -0.05) is 66.7 Å². The first-order valence-corrected chi connectivity index (χ1v) is 10.2. The zero-order chi connectivity index (χ0) is 20.9. The van der Waals surface area contributed by atoms with Crippen LogP contribution in [0.1, 0.15) is 18.1 Å². The lowest BCUT2D eigenvalue weighted by Crippen LogP contribution is -2.09. The van der Waals surface area contributed by atoms with Crippen molar-refractivity contribution >= 4 is 17.2 Å². The second-order valence-electron chi connectivity index (χ2n) is 7.62. The predicted molar refractivity (Wildman–Crippen MR) is 126 cm³/mol. The molecule has 2 aromatic carbocycles. The number of nitrogens with zero attached hydrogens (tertiary/aromatic N) is 1. The summed E-state index contributed by atoms with van der Waals surface area (Å²) in [4.78, 5) is 0. The van der Waals surface area contributed by atoms with Crippen molar-refractivity contribution in [1.29, 1.82) is 0 Å². The molecular formula is C28H26NO+. The van der Waals surface area contributed by atoms with Gasteiger partial charge in [-0.05, 0) is 47.9 Å². The van der Waals surface area contributed by atoms with Gasteiger partial charge in [-0.2, -0.15) is 0 Å². The zero-order valence-corrected chi connectivity index (χ0v) is 17.7. The molecule has 2 heteroatoms. The molecule has 0 radical (unpaired) electrons. The van der Waals surface area contributed by atoms with Crippen LogP contribution in [0, 0.1) is 0 Å². The molecule has 148 valence electrons. The highest BCUT2D eigenvalue weighted by molar-refractivity contribution is 6.02. The maximum absolute atomic E-state index is 6.30. The van der Waals surface area contributed by atoms with Crippen molar-refractivity contribution in [3.05, 3.63) is 131 Å². The number of ether oxygens (including phenoxy) is 1. The van der Waals surface area contributed by atoms with Crippen molar-refractivity contribution < 1.29 is 9.31 Å². The number of hydrogen-bond donors (Lipinski definition) is 0. The van der Waals surface area contributed by atoms with E-state index in [2.05, 4.69) is 92.4 Å². The first kappa shape index (κ1) is 19.7. The lowest BCUT2D eigenvalue weighted by molar-refractivity contribution is -0.462. The van der Waals surface area contributed by atoms with Crippen LogP contribution < -0.4 is 0 Å². The molecule has 0 saturated carbocycles. The normalized spacial score (nSPS) is 15.4. The van der Waals surface area contributed by atoms with Gasteiger partial charge in [-0.25, -0.2) is 4.58 Å². The molecule has 0 unspecified atom stereocenters. The minimum Gasteiger partial charge on any atom is -0.456 e. The number of allylic oxidation sites excluding steroid dienone is 10. The average molecular weight is 393 g/mol. The summed E-state index contributed by atoms with van der Waals surface area (Å²) in [7, 11) is 4.11. The predicted octanol–water partition coefficient (Wildman–Crippen LogP) is 6.18. The quantitative estimate of drug-likeness (QED) is 0.568. The first-order valence-electron chi connectivity index (χ1n) is 10.2. The van der Waals surface area contributed by atoms with E-state index in [1.807, 2.05) is 36.4 Å². The number of hydrogen-bond acceptors (Lipinski definition) is 1. The molecule has 2 nitrogen and oxygen atoms in total. The molecule has 1 heterocycles. The third kappa shape index (κ3) is 4.49. The Morgan fingerprint density at radius 3 is 1.70 bits per heavy atom. The largest absolute Gasteiger partial charge is 0.456 e. The molecule has 0 amide bonds. The zero-order valence-electron chi connectivity index (χ0n) is 17.7. The van der Waals surface area contributed by atoms with Crippen molar-refractivity contribution in [3.8, 4) is 0 Å². The number of benzene rings is 2. The monoisotopic (exact) mass is 392 g/mol. The topological polar surface area (TPSA) is 12.2 Å². The maximum atomic E-state index is 6.30. The van der Waals surface area contributed by atoms with E-state index in [0.29, 0.717) is 0 Å². The van der Waals surface area contributed by atoms with Crippen molar-refractivity contribution in [3.63, 3.8) is 0 Å². The van der Waals surface area contributed by atoms with Gasteiger partial charge in [0.05, 0.1) is 0 Å². The van der Waals surface area contributed by atoms with Crippen molar-refractivity contribution in [2.24, 2.45) is 0 Å². The summed E-state index contributed by atoms with van der Waals surface area (Å²) >= 11 is 0. The van der Waals surface area contributed by atoms with Crippen LogP contribution in [-0.2, 0) is 4.74 Å². The minimum atomic E-state index is 0.864. The van der Waals surface area contributed by atoms with Gasteiger partial charge in [0, 0.05) is 23.3 Å². The van der Waals surface area contributed by atoms with Gasteiger partial charge in [0.15, 0.2) is 5.71 Å². The van der Waals surface area contributed by atoms with Crippen LogP contribution in [0.15, 0.2) is 120 Å². The third-order valence-corrected chi connectivity index (χ3v) is 5.16. The van der Waals surface area contributed by atoms with Gasteiger partial charge in [0.2, 0.25) is 0 Å². The highest BCUT2D eigenvalue weighted by Gasteiger charge is 2.16. The smallest absolute Gasteiger partial charge is 0.199 e. The summed E-state index contributed by atoms with van der Waals surface area (Å²) in [5, 5.41) is 0. The average Bonchev–Trinajstić information content (AvgIpc) is 2.80. The highest BCUT2D eigenvalue weighted by atomic mass is 16.5. The van der Waals surface area contributed by atoms with E-state index in [9.17, 15) is 0 Å². The third-order valence-electron chi connectivity index (χ3n) is 5.16. The van der Waals surface area contributed by atoms with Crippen LogP contribution in [0.5, 0.6) is 0 Å². The Morgan fingerprint density at radius 2 is 1.23 bits per heavy atom. The molecule has 0 bridgehead atoms. The van der Waals surface area contributed by atoms with Crippen LogP contribution in [-0.4, -0.2) is 24.4 Å². The van der Waals surface area contributed by atoms with Gasteiger partial charge in [0.1, 0.15) is 25.6 Å². The lowest BCUT2D eigenvalue weighted by Gasteiger charge is -2.20. The second kappa shape index (κ2) is 8.79. The molecule has 2 aromatic rings. The minimum absolute atomic E-state index is 0.864. The van der Waals surface area contributed by atoms with E-state index in [4.69, 9.17) is 4.74 Å². The van der Waals surface area contributed by atoms with Crippen LogP contribution in [0.2, 0.25) is 0 Å². The molecule has 30 heavy (non-hydrogen) atoms. The van der Waals surface area contributed by atoms with Crippen LogP contribution in [0.3, 0.4) is 0 Å². The molecule has 0 atom stereocenters. The summed E-state index contributed by atoms with van der Waals surface area (Å²) in [5.41, 5.74) is 6.86. The second-order valence-corrected chi connectivity index (χ2v) is 7.62. The Balaban J connectivity index is 1.75. The molecule has 0 aromatic heterocycles. The SMILES string of the molecule is CC(C=C1C=CC(=[N+](C)C)C=C1)=C1C=C(c2ccccc2)OC(c2ccccc2)=C1. The van der Waals surface area contributed by atoms with Gasteiger partial charge in [-0.3, -0.25) is 0 Å². The fourth-order valence-electron chi connectivity index (χ4n) is 3.42. The molecular weight excluding hydrogens is 366 g/mol. The van der Waals surface area contributed by atoms with E-state index in [1.165, 1.54) is 16.9 Å². The van der Waals surface area contributed by atoms with Gasteiger partial charge < -0.3 is 4.74 Å². The molecule has 0 spiro atoms. The molecule has 4 rings (SSSR count). The maximum Gasteiger partial charge on any atom is 0.199 e. The van der Waals surface area contributed by atoms with Gasteiger partial charge in [0.25, 0.3) is 0 Å². The van der Waals surface area contributed by atoms with Crippen molar-refractivity contribution in [1.82, 2.24) is 0 Å². The Kier molecular flexibility index (Phi) is 5.76. The molecule has 0 saturated heterocycles. The number of rotatable bonds is 3. The summed E-state index contributed by atoms with van der Waals surface area (Å²) in [6.45, 7) is 2.15. The molecule has 1 aliphatic carbocycles. The molecule has 0 N–H and O–H groups in total. The van der Waals surface area contributed by atoms with E-state index in [-0.39, 0.29) is 0 Å². The standard InChI is InChI=1S/C28H26NO/c1-21(18-22-14-16-26(17-15-22)29(2)3)25-19-27(23-10-6-4-7-11-23)30-28(20-25)24-12-8-5-9-13-24/h4-20H,1-3H3/q+1. The highest BCUT2D eigenvalue weighted by Crippen LogP contribution is 2.33. The van der Waals surface area contributed by atoms with E-state index >= 15 is 0 Å². The van der Waals surface area contributed by atoms with Gasteiger partial charge in [-0.15, -0.1) is 0 Å². The Morgan fingerprint density at radius 1 is 0.733 bits per heavy atom. The molecule has 0 fully saturated rings. The first-order chi connectivity index (χ1) is 14.6. The summed E-state index contributed by atoms with van der Waals surface area (Å²) in [5.74, 6) is 1.73. The summed E-state index contributed by atoms with van der Waals surface area (Å²) in [6.07, 6.45) is 15.1. The van der Waals surface area contributed by atoms with E-state index < -0.39 is 0 Å². The summed E-state index contributed by atoms with van der Waals surface area (Å²) < 4.78 is 8.41.